The summed E-state index contributed by atoms with van der Waals surface area (Å²) < 4.78 is 30.7. The van der Waals surface area contributed by atoms with Crippen LogP contribution in [0.25, 0.3) is 22.6 Å². The van der Waals surface area contributed by atoms with Crippen molar-refractivity contribution in [3.63, 3.8) is 0 Å². The predicted molar refractivity (Wildman–Crippen MR) is 135 cm³/mol. The van der Waals surface area contributed by atoms with Gasteiger partial charge in [0.15, 0.2) is 0 Å². The second-order valence-corrected chi connectivity index (χ2v) is 10.8. The molecule has 1 aromatic carbocycles. The molecular formula is C28H28F2N6O2. The molecule has 3 aromatic heterocycles. The first-order valence-corrected chi connectivity index (χ1v) is 12.7. The van der Waals surface area contributed by atoms with Gasteiger partial charge in [-0.25, -0.2) is 13.8 Å². The summed E-state index contributed by atoms with van der Waals surface area (Å²) in [6, 6.07) is 7.43. The van der Waals surface area contributed by atoms with Gasteiger partial charge in [-0.05, 0) is 60.9 Å². The van der Waals surface area contributed by atoms with Crippen LogP contribution in [0.15, 0.2) is 42.7 Å². The molecule has 2 bridgehead atoms. The summed E-state index contributed by atoms with van der Waals surface area (Å²) in [5.41, 5.74) is 3.65. The zero-order chi connectivity index (χ0) is 26.8. The molecule has 8 nitrogen and oxygen atoms in total. The van der Waals surface area contributed by atoms with Crippen molar-refractivity contribution >= 4 is 0 Å². The van der Waals surface area contributed by atoms with Crippen LogP contribution in [-0.4, -0.2) is 52.9 Å². The van der Waals surface area contributed by atoms with Crippen molar-refractivity contribution in [2.75, 3.05) is 6.61 Å². The molecule has 0 unspecified atom stereocenters. The van der Waals surface area contributed by atoms with Crippen molar-refractivity contribution in [3.8, 4) is 22.6 Å². The van der Waals surface area contributed by atoms with Crippen LogP contribution in [0, 0.1) is 24.0 Å². The Hall–Kier alpha value is -3.63. The van der Waals surface area contributed by atoms with Gasteiger partial charge in [0.2, 0.25) is 0 Å². The van der Waals surface area contributed by atoms with Gasteiger partial charge < -0.3 is 10.2 Å². The standard InChI is InChI=1S/C28H28F2N6O2/c1-15-9-21(35-36(15)13-16(38)14-37)23-11-31-12-24(32-23)28-8-7-18(27(28,2)3)17-10-22(33-34-26(17)28)25-19(29)5-4-6-20(25)30/h4-6,9-12,16,18,37-38H,7-8,13-14H2,1-3H3/t16-,18-,28-/m0/s1. The number of aliphatic hydroxyl groups is 2. The lowest BCUT2D eigenvalue weighted by Gasteiger charge is -2.37. The van der Waals surface area contributed by atoms with Gasteiger partial charge in [-0.15, -0.1) is 5.10 Å². The molecule has 2 aliphatic carbocycles. The largest absolute Gasteiger partial charge is 0.394 e. The van der Waals surface area contributed by atoms with Crippen LogP contribution in [0.5, 0.6) is 0 Å². The molecule has 1 fully saturated rings. The second kappa shape index (κ2) is 8.71. The maximum atomic E-state index is 14.5. The van der Waals surface area contributed by atoms with E-state index in [-0.39, 0.29) is 35.7 Å². The molecule has 2 aliphatic rings. The first-order chi connectivity index (χ1) is 18.2. The summed E-state index contributed by atoms with van der Waals surface area (Å²) in [5, 5.41) is 32.5. The number of aromatic nitrogens is 6. The maximum absolute atomic E-state index is 14.5. The Labute approximate surface area is 218 Å². The lowest BCUT2D eigenvalue weighted by Crippen LogP contribution is -2.38. The van der Waals surface area contributed by atoms with Gasteiger partial charge in [0.1, 0.15) is 23.0 Å². The second-order valence-electron chi connectivity index (χ2n) is 10.8. The zero-order valence-electron chi connectivity index (χ0n) is 21.4. The van der Waals surface area contributed by atoms with E-state index in [1.807, 2.05) is 13.0 Å². The Morgan fingerprint density at radius 2 is 1.84 bits per heavy atom. The molecule has 6 rings (SSSR count). The quantitative estimate of drug-likeness (QED) is 0.398. The van der Waals surface area contributed by atoms with Gasteiger partial charge in [-0.3, -0.25) is 9.67 Å². The molecule has 0 amide bonds. The van der Waals surface area contributed by atoms with E-state index < -0.39 is 23.2 Å². The summed E-state index contributed by atoms with van der Waals surface area (Å²) in [5.74, 6) is -1.22. The van der Waals surface area contributed by atoms with Gasteiger partial charge in [0.05, 0.1) is 53.5 Å². The third kappa shape index (κ3) is 3.43. The molecule has 4 aromatic rings. The maximum Gasteiger partial charge on any atom is 0.135 e. The first kappa shape index (κ1) is 24.7. The lowest BCUT2D eigenvalue weighted by molar-refractivity contribution is 0.0778. The summed E-state index contributed by atoms with van der Waals surface area (Å²) in [4.78, 5) is 9.53. The highest BCUT2D eigenvalue weighted by molar-refractivity contribution is 5.64. The van der Waals surface area contributed by atoms with Crippen molar-refractivity contribution in [1.29, 1.82) is 0 Å². The normalized spacial score (nSPS) is 22.0. The smallest absolute Gasteiger partial charge is 0.135 e. The van der Waals surface area contributed by atoms with Crippen molar-refractivity contribution in [1.82, 2.24) is 29.9 Å². The highest BCUT2D eigenvalue weighted by Crippen LogP contribution is 2.69. The van der Waals surface area contributed by atoms with Crippen LogP contribution >= 0.6 is 0 Å². The lowest BCUT2D eigenvalue weighted by atomic mass is 9.66. The summed E-state index contributed by atoms with van der Waals surface area (Å²) in [6.07, 6.45) is 4.18. The summed E-state index contributed by atoms with van der Waals surface area (Å²) >= 11 is 0. The SMILES string of the molecule is Cc1cc(-c2cncc([C@@]34CC[C@@H](c5cc(-c6c(F)cccc6F)nnc53)C4(C)C)n2)nn1C[C@H](O)CO. The number of nitrogens with zero attached hydrogens (tertiary/aromatic N) is 6. The fourth-order valence-corrected chi connectivity index (χ4v) is 6.53. The Kier molecular flexibility index (Phi) is 5.66. The average Bonchev–Trinajstić information content (AvgIpc) is 3.46. The number of hydrogen-bond acceptors (Lipinski definition) is 7. The predicted octanol–water partition coefficient (Wildman–Crippen LogP) is 3.94. The average molecular weight is 519 g/mol. The molecule has 196 valence electrons. The molecule has 0 spiro atoms. The minimum Gasteiger partial charge on any atom is -0.394 e. The van der Waals surface area contributed by atoms with E-state index in [0.29, 0.717) is 11.4 Å². The van der Waals surface area contributed by atoms with Crippen LogP contribution in [0.2, 0.25) is 0 Å². The molecule has 1 saturated carbocycles. The van der Waals surface area contributed by atoms with Gasteiger partial charge in [-0.2, -0.15) is 10.2 Å². The fraction of sp³-hybridized carbons (Fsp3) is 0.393. The number of fused-ring (bicyclic) bond motifs is 5. The Morgan fingerprint density at radius 3 is 2.58 bits per heavy atom. The van der Waals surface area contributed by atoms with Crippen LogP contribution in [0.4, 0.5) is 8.78 Å². The van der Waals surface area contributed by atoms with Crippen LogP contribution < -0.4 is 0 Å². The van der Waals surface area contributed by atoms with Crippen molar-refractivity contribution in [2.45, 2.75) is 57.6 Å². The molecule has 2 N–H and O–H groups in total. The first-order valence-electron chi connectivity index (χ1n) is 12.7. The van der Waals surface area contributed by atoms with Gasteiger partial charge in [-0.1, -0.05) is 19.9 Å². The third-order valence-corrected chi connectivity index (χ3v) is 8.51. The summed E-state index contributed by atoms with van der Waals surface area (Å²) in [7, 11) is 0. The number of rotatable bonds is 6. The molecule has 10 heteroatoms. The zero-order valence-corrected chi connectivity index (χ0v) is 21.4. The van der Waals surface area contributed by atoms with Crippen molar-refractivity contribution in [2.24, 2.45) is 5.41 Å². The molecule has 38 heavy (non-hydrogen) atoms. The van der Waals surface area contributed by atoms with E-state index in [9.17, 15) is 19.0 Å². The van der Waals surface area contributed by atoms with Crippen LogP contribution in [0.3, 0.4) is 0 Å². The molecule has 0 saturated heterocycles. The number of aryl methyl sites for hydroxylation is 1. The van der Waals surface area contributed by atoms with Gasteiger partial charge >= 0.3 is 0 Å². The molecular weight excluding hydrogens is 490 g/mol. The minimum absolute atomic E-state index is 0.119. The summed E-state index contributed by atoms with van der Waals surface area (Å²) in [6.45, 7) is 6.05. The number of hydrogen-bond donors (Lipinski definition) is 2. The van der Waals surface area contributed by atoms with Crippen molar-refractivity contribution in [3.05, 3.63) is 77.0 Å². The van der Waals surface area contributed by atoms with Gasteiger partial charge in [0.25, 0.3) is 0 Å². The molecule has 3 atom stereocenters. The Bertz CT molecular complexity index is 1530. The monoisotopic (exact) mass is 518 g/mol. The highest BCUT2D eigenvalue weighted by atomic mass is 19.1. The molecule has 0 aliphatic heterocycles. The van der Waals surface area contributed by atoms with E-state index in [2.05, 4.69) is 34.1 Å². The topological polar surface area (TPSA) is 110 Å². The molecule has 3 heterocycles. The van der Waals surface area contributed by atoms with E-state index in [1.165, 1.54) is 18.2 Å². The van der Waals surface area contributed by atoms with Crippen LogP contribution in [-0.2, 0) is 12.0 Å². The fourth-order valence-electron chi connectivity index (χ4n) is 6.53. The van der Waals surface area contributed by atoms with E-state index >= 15 is 0 Å². The minimum atomic E-state index is -0.912. The van der Waals surface area contributed by atoms with E-state index in [4.69, 9.17) is 4.98 Å². The molecule has 0 radical (unpaired) electrons. The van der Waals surface area contributed by atoms with Crippen LogP contribution in [0.1, 0.15) is 55.3 Å². The van der Waals surface area contributed by atoms with Gasteiger partial charge in [0, 0.05) is 11.9 Å². The highest BCUT2D eigenvalue weighted by Gasteiger charge is 2.65. The number of aliphatic hydroxyl groups excluding tert-OH is 2. The third-order valence-electron chi connectivity index (χ3n) is 8.51. The van der Waals surface area contributed by atoms with Crippen molar-refractivity contribution < 1.29 is 19.0 Å². The van der Waals surface area contributed by atoms with E-state index in [0.717, 1.165) is 35.5 Å². The number of halogens is 2. The van der Waals surface area contributed by atoms with E-state index in [1.54, 1.807) is 23.1 Å². The number of benzene rings is 1. The Morgan fingerprint density at radius 1 is 1.08 bits per heavy atom. The Balaban J connectivity index is 1.44.